The monoisotopic (exact) mass is 214 g/mol. The zero-order valence-electron chi connectivity index (χ0n) is 8.20. The summed E-state index contributed by atoms with van der Waals surface area (Å²) >= 11 is 5.99. The Kier molecular flexibility index (Phi) is 4.39. The Hall–Kier alpha value is -0.570. The molecular formula is C11H15ClO2. The van der Waals surface area contributed by atoms with E-state index in [9.17, 15) is 0 Å². The summed E-state index contributed by atoms with van der Waals surface area (Å²) in [6.07, 6.45) is 6.52. The molecule has 0 saturated carbocycles. The topological polar surface area (TPSA) is 40.5 Å². The highest BCUT2D eigenvalue weighted by Gasteiger charge is 2.09. The van der Waals surface area contributed by atoms with E-state index in [2.05, 4.69) is 13.0 Å². The predicted molar refractivity (Wildman–Crippen MR) is 57.9 cm³/mol. The average Bonchev–Trinajstić information content (AvgIpc) is 2.28. The molecule has 2 nitrogen and oxygen atoms in total. The van der Waals surface area contributed by atoms with Crippen molar-refractivity contribution in [1.82, 2.24) is 0 Å². The van der Waals surface area contributed by atoms with Gasteiger partial charge in [-0.05, 0) is 18.4 Å². The van der Waals surface area contributed by atoms with Gasteiger partial charge in [0.15, 0.2) is 6.29 Å². The van der Waals surface area contributed by atoms with Gasteiger partial charge < -0.3 is 10.2 Å². The Morgan fingerprint density at radius 2 is 2.14 bits per heavy atom. The maximum absolute atomic E-state index is 8.88. The SMILES string of the molecule is CCC1=CCC=C(Cl)C(CC(O)O)=C1. The van der Waals surface area contributed by atoms with Crippen LogP contribution < -0.4 is 0 Å². The first-order valence-electron chi connectivity index (χ1n) is 4.75. The fourth-order valence-corrected chi connectivity index (χ4v) is 1.62. The lowest BCUT2D eigenvalue weighted by Crippen LogP contribution is -2.05. The molecular weight excluding hydrogens is 200 g/mol. The number of aliphatic hydroxyl groups excluding tert-OH is 1. The summed E-state index contributed by atoms with van der Waals surface area (Å²) < 4.78 is 0. The third-order valence-corrected chi connectivity index (χ3v) is 2.55. The molecule has 0 atom stereocenters. The van der Waals surface area contributed by atoms with E-state index in [4.69, 9.17) is 21.8 Å². The Morgan fingerprint density at radius 3 is 2.71 bits per heavy atom. The molecule has 14 heavy (non-hydrogen) atoms. The molecule has 1 rings (SSSR count). The lowest BCUT2D eigenvalue weighted by molar-refractivity contribution is -0.0375. The standard InChI is InChI=1S/C11H15ClO2/c1-2-8-4-3-5-10(12)9(6-8)7-11(13)14/h4-6,11,13-14H,2-3,7H2,1H3. The van der Waals surface area contributed by atoms with E-state index in [1.165, 1.54) is 5.57 Å². The van der Waals surface area contributed by atoms with E-state index >= 15 is 0 Å². The highest BCUT2D eigenvalue weighted by molar-refractivity contribution is 6.32. The number of allylic oxidation sites excluding steroid dienone is 5. The summed E-state index contributed by atoms with van der Waals surface area (Å²) in [5, 5.41) is 18.4. The Morgan fingerprint density at radius 1 is 1.43 bits per heavy atom. The van der Waals surface area contributed by atoms with Gasteiger partial charge in [-0.25, -0.2) is 0 Å². The minimum Gasteiger partial charge on any atom is -0.368 e. The van der Waals surface area contributed by atoms with Gasteiger partial charge in [0.05, 0.1) is 0 Å². The lowest BCUT2D eigenvalue weighted by atomic mass is 10.1. The van der Waals surface area contributed by atoms with Crippen molar-refractivity contribution in [2.45, 2.75) is 32.5 Å². The van der Waals surface area contributed by atoms with Crippen LogP contribution in [0.3, 0.4) is 0 Å². The van der Waals surface area contributed by atoms with E-state index in [1.807, 2.05) is 12.2 Å². The molecule has 3 heteroatoms. The molecule has 0 aromatic rings. The summed E-state index contributed by atoms with van der Waals surface area (Å²) in [5.41, 5.74) is 1.99. The summed E-state index contributed by atoms with van der Waals surface area (Å²) in [4.78, 5) is 0. The summed E-state index contributed by atoms with van der Waals surface area (Å²) in [6.45, 7) is 2.06. The van der Waals surface area contributed by atoms with Crippen LogP contribution in [0, 0.1) is 0 Å². The normalized spacial score (nSPS) is 17.4. The van der Waals surface area contributed by atoms with Gasteiger partial charge in [-0.15, -0.1) is 0 Å². The molecule has 1 aliphatic carbocycles. The second-order valence-corrected chi connectivity index (χ2v) is 3.68. The summed E-state index contributed by atoms with van der Waals surface area (Å²) in [5.74, 6) is 0. The van der Waals surface area contributed by atoms with Gasteiger partial charge in [-0.3, -0.25) is 0 Å². The van der Waals surface area contributed by atoms with Gasteiger partial charge in [0.25, 0.3) is 0 Å². The van der Waals surface area contributed by atoms with Crippen LogP contribution in [0.5, 0.6) is 0 Å². The summed E-state index contributed by atoms with van der Waals surface area (Å²) in [7, 11) is 0. The minimum absolute atomic E-state index is 0.187. The quantitative estimate of drug-likeness (QED) is 0.709. The van der Waals surface area contributed by atoms with Crippen molar-refractivity contribution in [3.05, 3.63) is 34.4 Å². The van der Waals surface area contributed by atoms with Crippen molar-refractivity contribution < 1.29 is 10.2 Å². The van der Waals surface area contributed by atoms with Gasteiger partial charge >= 0.3 is 0 Å². The molecule has 0 radical (unpaired) electrons. The minimum atomic E-state index is -1.33. The molecule has 0 aromatic heterocycles. The molecule has 0 spiro atoms. The molecule has 0 saturated heterocycles. The van der Waals surface area contributed by atoms with Crippen LogP contribution in [0.4, 0.5) is 0 Å². The number of halogens is 1. The van der Waals surface area contributed by atoms with Crippen LogP contribution in [0.1, 0.15) is 26.2 Å². The maximum atomic E-state index is 8.88. The van der Waals surface area contributed by atoms with Gasteiger partial charge in [0.2, 0.25) is 0 Å². The molecule has 0 amide bonds. The molecule has 1 aliphatic rings. The van der Waals surface area contributed by atoms with Crippen LogP contribution in [-0.2, 0) is 0 Å². The first-order valence-corrected chi connectivity index (χ1v) is 5.13. The van der Waals surface area contributed by atoms with Crippen molar-refractivity contribution in [3.63, 3.8) is 0 Å². The zero-order valence-corrected chi connectivity index (χ0v) is 8.96. The van der Waals surface area contributed by atoms with Gasteiger partial charge in [0.1, 0.15) is 0 Å². The van der Waals surface area contributed by atoms with Crippen molar-refractivity contribution in [1.29, 1.82) is 0 Å². The van der Waals surface area contributed by atoms with E-state index in [0.717, 1.165) is 18.4 Å². The van der Waals surface area contributed by atoms with Crippen molar-refractivity contribution in [3.8, 4) is 0 Å². The van der Waals surface area contributed by atoms with E-state index in [0.29, 0.717) is 5.03 Å². The number of hydrogen-bond donors (Lipinski definition) is 2. The van der Waals surface area contributed by atoms with Crippen molar-refractivity contribution >= 4 is 11.6 Å². The van der Waals surface area contributed by atoms with E-state index in [-0.39, 0.29) is 6.42 Å². The highest BCUT2D eigenvalue weighted by atomic mass is 35.5. The number of rotatable bonds is 3. The second-order valence-electron chi connectivity index (χ2n) is 3.27. The highest BCUT2D eigenvalue weighted by Crippen LogP contribution is 2.25. The Labute approximate surface area is 89.2 Å². The smallest absolute Gasteiger partial charge is 0.155 e. The molecule has 0 fully saturated rings. The first-order chi connectivity index (χ1) is 6.63. The fourth-order valence-electron chi connectivity index (χ4n) is 1.40. The predicted octanol–water partition coefficient (Wildman–Crippen LogP) is 2.48. The van der Waals surface area contributed by atoms with Crippen LogP contribution in [0.2, 0.25) is 0 Å². The Balaban J connectivity index is 2.85. The van der Waals surface area contributed by atoms with Crippen molar-refractivity contribution in [2.24, 2.45) is 0 Å². The number of aliphatic hydroxyl groups is 2. The third kappa shape index (κ3) is 3.29. The van der Waals surface area contributed by atoms with Gasteiger partial charge in [-0.2, -0.15) is 0 Å². The molecule has 78 valence electrons. The molecule has 0 bridgehead atoms. The Bertz CT molecular complexity index is 288. The average molecular weight is 215 g/mol. The largest absolute Gasteiger partial charge is 0.368 e. The van der Waals surface area contributed by atoms with E-state index < -0.39 is 6.29 Å². The molecule has 0 heterocycles. The summed E-state index contributed by atoms with van der Waals surface area (Å²) in [6, 6.07) is 0. The fraction of sp³-hybridized carbons (Fsp3) is 0.455. The van der Waals surface area contributed by atoms with Gasteiger partial charge in [0, 0.05) is 11.5 Å². The zero-order chi connectivity index (χ0) is 10.6. The first kappa shape index (κ1) is 11.5. The van der Waals surface area contributed by atoms with E-state index in [1.54, 1.807) is 0 Å². The van der Waals surface area contributed by atoms with Crippen LogP contribution in [0.15, 0.2) is 34.4 Å². The van der Waals surface area contributed by atoms with Crippen molar-refractivity contribution in [2.75, 3.05) is 0 Å². The van der Waals surface area contributed by atoms with Crippen LogP contribution >= 0.6 is 11.6 Å². The second kappa shape index (κ2) is 5.35. The maximum Gasteiger partial charge on any atom is 0.155 e. The van der Waals surface area contributed by atoms with Crippen LogP contribution in [0.25, 0.3) is 0 Å². The van der Waals surface area contributed by atoms with Crippen LogP contribution in [-0.4, -0.2) is 16.5 Å². The molecule has 2 N–H and O–H groups in total. The van der Waals surface area contributed by atoms with Gasteiger partial charge in [-0.1, -0.05) is 42.3 Å². The third-order valence-electron chi connectivity index (χ3n) is 2.15. The number of hydrogen-bond acceptors (Lipinski definition) is 2. The molecule has 0 aromatic carbocycles. The lowest BCUT2D eigenvalue weighted by Gasteiger charge is -2.07. The molecule has 0 unspecified atom stereocenters. The molecule has 0 aliphatic heterocycles.